The van der Waals surface area contributed by atoms with Crippen molar-refractivity contribution < 1.29 is 14.1 Å². The van der Waals surface area contributed by atoms with Crippen LogP contribution in [0.1, 0.15) is 11.4 Å². The average Bonchev–Trinajstić information content (AvgIpc) is 2.74. The van der Waals surface area contributed by atoms with E-state index in [1.54, 1.807) is 38.6 Å². The van der Waals surface area contributed by atoms with E-state index in [4.69, 9.17) is 4.74 Å². The van der Waals surface area contributed by atoms with Crippen LogP contribution in [0, 0.1) is 0 Å². The highest BCUT2D eigenvalue weighted by atomic mass is 31.2. The SMILES string of the molecule is C=CC(=O)Nc1ccc(OC)c(Cc2ncnc(Nc3ccccc3P(C)(C)=O)n2)c1. The number of benzene rings is 2. The number of carbonyl (C=O) groups is 1. The number of rotatable bonds is 8. The fourth-order valence-corrected chi connectivity index (χ4v) is 4.16. The summed E-state index contributed by atoms with van der Waals surface area (Å²) in [6.07, 6.45) is 2.98. The Hall–Kier alpha value is -3.51. The Kier molecular flexibility index (Phi) is 6.82. The molecule has 0 unspecified atom stereocenters. The Morgan fingerprint density at radius 3 is 2.68 bits per heavy atom. The second-order valence-corrected chi connectivity index (χ2v) is 10.3. The van der Waals surface area contributed by atoms with Gasteiger partial charge in [0, 0.05) is 23.0 Å². The highest BCUT2D eigenvalue weighted by Gasteiger charge is 2.16. The molecule has 0 spiro atoms. The summed E-state index contributed by atoms with van der Waals surface area (Å²) in [6, 6.07) is 12.7. The van der Waals surface area contributed by atoms with Gasteiger partial charge < -0.3 is 19.9 Å². The van der Waals surface area contributed by atoms with E-state index in [2.05, 4.69) is 32.2 Å². The molecule has 0 radical (unpaired) electrons. The molecular formula is C22H24N5O3P. The summed E-state index contributed by atoms with van der Waals surface area (Å²) in [7, 11) is -0.906. The van der Waals surface area contributed by atoms with Gasteiger partial charge in [-0.3, -0.25) is 4.79 Å². The fourth-order valence-electron chi connectivity index (χ4n) is 3.00. The molecule has 0 aliphatic rings. The van der Waals surface area contributed by atoms with Crippen LogP contribution in [0.5, 0.6) is 5.75 Å². The van der Waals surface area contributed by atoms with E-state index in [9.17, 15) is 9.36 Å². The summed E-state index contributed by atoms with van der Waals surface area (Å²) < 4.78 is 18.0. The van der Waals surface area contributed by atoms with E-state index >= 15 is 0 Å². The number of nitrogens with one attached hydrogen (secondary N) is 2. The molecule has 2 aromatic carbocycles. The summed E-state index contributed by atoms with van der Waals surface area (Å²) in [5.74, 6) is 1.21. The number of methoxy groups -OCH3 is 1. The molecule has 3 rings (SSSR count). The lowest BCUT2D eigenvalue weighted by Gasteiger charge is -2.14. The van der Waals surface area contributed by atoms with Crippen molar-refractivity contribution >= 4 is 35.7 Å². The number of hydrogen-bond acceptors (Lipinski definition) is 7. The Bertz CT molecular complexity index is 1160. The van der Waals surface area contributed by atoms with Crippen LogP contribution in [0.3, 0.4) is 0 Å². The summed E-state index contributed by atoms with van der Waals surface area (Å²) in [5, 5.41) is 6.60. The molecule has 2 N–H and O–H groups in total. The van der Waals surface area contributed by atoms with Gasteiger partial charge in [-0.25, -0.2) is 9.97 Å². The number of ether oxygens (including phenoxy) is 1. The first kappa shape index (κ1) is 22.2. The van der Waals surface area contributed by atoms with Crippen molar-refractivity contribution in [2.24, 2.45) is 0 Å². The molecule has 1 amide bonds. The van der Waals surface area contributed by atoms with Gasteiger partial charge in [0.15, 0.2) is 0 Å². The summed E-state index contributed by atoms with van der Waals surface area (Å²) in [4.78, 5) is 24.5. The zero-order valence-corrected chi connectivity index (χ0v) is 18.5. The number of carbonyl (C=O) groups excluding carboxylic acids is 1. The molecule has 3 aromatic rings. The first-order chi connectivity index (χ1) is 14.8. The van der Waals surface area contributed by atoms with Crippen molar-refractivity contribution in [1.82, 2.24) is 15.0 Å². The third-order valence-electron chi connectivity index (χ3n) is 4.43. The molecule has 0 aliphatic carbocycles. The Labute approximate surface area is 181 Å². The second kappa shape index (κ2) is 9.53. The molecule has 31 heavy (non-hydrogen) atoms. The average molecular weight is 437 g/mol. The van der Waals surface area contributed by atoms with E-state index in [0.29, 0.717) is 35.3 Å². The molecule has 160 valence electrons. The fraction of sp³-hybridized carbons (Fsp3) is 0.182. The van der Waals surface area contributed by atoms with Crippen LogP contribution in [0.2, 0.25) is 0 Å². The smallest absolute Gasteiger partial charge is 0.247 e. The quantitative estimate of drug-likeness (QED) is 0.410. The van der Waals surface area contributed by atoms with Crippen LogP contribution in [0.4, 0.5) is 17.3 Å². The molecule has 0 saturated heterocycles. The third-order valence-corrected chi connectivity index (χ3v) is 5.98. The Morgan fingerprint density at radius 1 is 1.19 bits per heavy atom. The van der Waals surface area contributed by atoms with Gasteiger partial charge in [-0.2, -0.15) is 4.98 Å². The molecule has 0 saturated carbocycles. The number of aromatic nitrogens is 3. The lowest BCUT2D eigenvalue weighted by atomic mass is 10.1. The predicted molar refractivity (Wildman–Crippen MR) is 123 cm³/mol. The van der Waals surface area contributed by atoms with Crippen LogP contribution >= 0.6 is 7.14 Å². The van der Waals surface area contributed by atoms with Crippen molar-refractivity contribution in [3.05, 3.63) is 72.8 Å². The van der Waals surface area contributed by atoms with Gasteiger partial charge >= 0.3 is 0 Å². The van der Waals surface area contributed by atoms with Crippen LogP contribution in [0.25, 0.3) is 0 Å². The summed E-state index contributed by atoms with van der Waals surface area (Å²) >= 11 is 0. The van der Waals surface area contributed by atoms with Gasteiger partial charge in [-0.15, -0.1) is 0 Å². The van der Waals surface area contributed by atoms with Crippen LogP contribution in [-0.4, -0.2) is 41.3 Å². The maximum atomic E-state index is 12.6. The van der Waals surface area contributed by atoms with E-state index in [1.807, 2.05) is 24.3 Å². The standard InChI is InChI=1S/C22H24N5O3P/c1-5-21(28)25-16-10-11-18(30-2)15(12-16)13-20-23-14-24-22(27-20)26-17-8-6-7-9-19(17)31(3,4)29/h5-12,14H,1,13H2,2-4H3,(H,25,28)(H,23,24,26,27). The normalized spacial score (nSPS) is 10.9. The van der Waals surface area contributed by atoms with Gasteiger partial charge in [0.25, 0.3) is 0 Å². The molecule has 0 atom stereocenters. The van der Waals surface area contributed by atoms with Gasteiger partial charge in [0.2, 0.25) is 11.9 Å². The molecular weight excluding hydrogens is 413 g/mol. The topological polar surface area (TPSA) is 106 Å². The van der Waals surface area contributed by atoms with Gasteiger partial charge in [0.05, 0.1) is 12.8 Å². The summed E-state index contributed by atoms with van der Waals surface area (Å²) in [5.41, 5.74) is 2.11. The highest BCUT2D eigenvalue weighted by molar-refractivity contribution is 7.70. The van der Waals surface area contributed by atoms with Crippen molar-refractivity contribution in [2.45, 2.75) is 6.42 Å². The van der Waals surface area contributed by atoms with Crippen LogP contribution in [-0.2, 0) is 15.8 Å². The number of amides is 1. The number of nitrogens with zero attached hydrogens (tertiary/aromatic N) is 3. The van der Waals surface area contributed by atoms with Gasteiger partial charge in [0.1, 0.15) is 25.0 Å². The van der Waals surface area contributed by atoms with Gasteiger partial charge in [-0.05, 0) is 49.7 Å². The maximum Gasteiger partial charge on any atom is 0.247 e. The van der Waals surface area contributed by atoms with E-state index in [1.165, 1.54) is 12.4 Å². The highest BCUT2D eigenvalue weighted by Crippen LogP contribution is 2.38. The lowest BCUT2D eigenvalue weighted by molar-refractivity contribution is -0.111. The van der Waals surface area contributed by atoms with E-state index in [-0.39, 0.29) is 5.91 Å². The minimum Gasteiger partial charge on any atom is -0.496 e. The zero-order valence-electron chi connectivity index (χ0n) is 17.6. The van der Waals surface area contributed by atoms with E-state index < -0.39 is 7.14 Å². The lowest BCUT2D eigenvalue weighted by Crippen LogP contribution is -2.12. The molecule has 8 nitrogen and oxygen atoms in total. The molecule has 1 heterocycles. The number of para-hydroxylation sites is 1. The third kappa shape index (κ3) is 5.77. The van der Waals surface area contributed by atoms with Crippen LogP contribution < -0.4 is 20.7 Å². The second-order valence-electron chi connectivity index (χ2n) is 7.12. The van der Waals surface area contributed by atoms with Crippen molar-refractivity contribution in [3.63, 3.8) is 0 Å². The molecule has 1 aromatic heterocycles. The first-order valence-electron chi connectivity index (χ1n) is 9.50. The van der Waals surface area contributed by atoms with Gasteiger partial charge in [-0.1, -0.05) is 18.7 Å². The molecule has 0 aliphatic heterocycles. The molecule has 0 bridgehead atoms. The first-order valence-corrected chi connectivity index (χ1v) is 12.1. The maximum absolute atomic E-state index is 12.6. The largest absolute Gasteiger partial charge is 0.496 e. The minimum atomic E-state index is -2.48. The predicted octanol–water partition coefficient (Wildman–Crippen LogP) is 3.59. The van der Waals surface area contributed by atoms with Crippen LogP contribution in [0.15, 0.2) is 61.4 Å². The number of hydrogen-bond donors (Lipinski definition) is 2. The van der Waals surface area contributed by atoms with Crippen molar-refractivity contribution in [1.29, 1.82) is 0 Å². The zero-order chi connectivity index (χ0) is 22.4. The number of anilines is 3. The van der Waals surface area contributed by atoms with Crippen molar-refractivity contribution in [3.8, 4) is 5.75 Å². The Morgan fingerprint density at radius 2 is 1.97 bits per heavy atom. The molecule has 0 fully saturated rings. The Balaban J connectivity index is 1.87. The molecule has 9 heteroatoms. The van der Waals surface area contributed by atoms with Crippen molar-refractivity contribution in [2.75, 3.05) is 31.1 Å². The summed E-state index contributed by atoms with van der Waals surface area (Å²) in [6.45, 7) is 6.90. The minimum absolute atomic E-state index is 0.300. The van der Waals surface area contributed by atoms with E-state index in [0.717, 1.165) is 10.9 Å². The monoisotopic (exact) mass is 437 g/mol.